The van der Waals surface area contributed by atoms with E-state index in [0.29, 0.717) is 12.0 Å². The normalized spacial score (nSPS) is 13.7. The first-order valence-corrected chi connectivity index (χ1v) is 8.40. The lowest BCUT2D eigenvalue weighted by Gasteiger charge is -2.22. The molecule has 23 heavy (non-hydrogen) atoms. The Kier molecular flexibility index (Phi) is 4.01. The number of nitrogens with zero attached hydrogens (tertiary/aromatic N) is 1. The van der Waals surface area contributed by atoms with Gasteiger partial charge in [-0.25, -0.2) is 0 Å². The summed E-state index contributed by atoms with van der Waals surface area (Å²) in [6.45, 7) is 3.69. The second-order valence-corrected chi connectivity index (χ2v) is 7.71. The molecule has 0 aliphatic heterocycles. The monoisotopic (exact) mass is 342 g/mol. The van der Waals surface area contributed by atoms with Crippen LogP contribution in [0.25, 0.3) is 10.9 Å². The third kappa shape index (κ3) is 3.03. The van der Waals surface area contributed by atoms with Crippen molar-refractivity contribution in [2.45, 2.75) is 25.7 Å². The molecule has 1 atom stereocenters. The number of pyridine rings is 1. The maximum absolute atomic E-state index is 11.8. The van der Waals surface area contributed by atoms with Crippen molar-refractivity contribution < 1.29 is 0 Å². The molecule has 3 rings (SSSR count). The molecule has 0 bridgehead atoms. The summed E-state index contributed by atoms with van der Waals surface area (Å²) in [5, 5.41) is 10.7. The van der Waals surface area contributed by atoms with Crippen LogP contribution in [0.4, 0.5) is 0 Å². The van der Waals surface area contributed by atoms with Crippen molar-refractivity contribution in [3.8, 4) is 6.07 Å². The minimum atomic E-state index is -0.676. The van der Waals surface area contributed by atoms with Gasteiger partial charge in [-0.15, -0.1) is 11.3 Å². The molecule has 1 unspecified atom stereocenters. The first kappa shape index (κ1) is 15.8. The van der Waals surface area contributed by atoms with Crippen molar-refractivity contribution in [3.05, 3.63) is 67.1 Å². The number of benzene rings is 1. The number of halogens is 1. The molecule has 116 valence electrons. The van der Waals surface area contributed by atoms with Crippen LogP contribution in [0.3, 0.4) is 0 Å². The van der Waals surface area contributed by atoms with Crippen LogP contribution in [-0.2, 0) is 11.8 Å². The molecule has 2 heterocycles. The van der Waals surface area contributed by atoms with E-state index in [-0.39, 0.29) is 5.56 Å². The number of hydrogen-bond acceptors (Lipinski definition) is 3. The highest BCUT2D eigenvalue weighted by molar-refractivity contribution is 7.16. The highest BCUT2D eigenvalue weighted by Crippen LogP contribution is 2.33. The molecule has 3 nitrogen and oxygen atoms in total. The quantitative estimate of drug-likeness (QED) is 0.757. The topological polar surface area (TPSA) is 56.6 Å². The average molecular weight is 343 g/mol. The first-order chi connectivity index (χ1) is 10.9. The van der Waals surface area contributed by atoms with Crippen LogP contribution in [-0.4, -0.2) is 4.98 Å². The maximum atomic E-state index is 11.8. The van der Waals surface area contributed by atoms with Gasteiger partial charge in [0.2, 0.25) is 0 Å². The lowest BCUT2D eigenvalue weighted by molar-refractivity contribution is 0.613. The molecule has 1 aromatic carbocycles. The van der Waals surface area contributed by atoms with Crippen LogP contribution in [0.5, 0.6) is 0 Å². The van der Waals surface area contributed by atoms with Crippen LogP contribution in [0.2, 0.25) is 4.34 Å². The number of fused-ring (bicyclic) bond motifs is 1. The SMILES string of the molecule is Cc1cc2ccc(C(C)(C#N)Cc3ccc(Cl)s3)cc2[nH]c1=O. The van der Waals surface area contributed by atoms with Crippen molar-refractivity contribution in [1.82, 2.24) is 4.98 Å². The Morgan fingerprint density at radius 1 is 1.30 bits per heavy atom. The van der Waals surface area contributed by atoms with E-state index in [1.54, 1.807) is 6.92 Å². The predicted molar refractivity (Wildman–Crippen MR) is 95.3 cm³/mol. The molecule has 0 amide bonds. The minimum Gasteiger partial charge on any atom is -0.322 e. The minimum absolute atomic E-state index is 0.0988. The van der Waals surface area contributed by atoms with Crippen molar-refractivity contribution in [1.29, 1.82) is 5.26 Å². The van der Waals surface area contributed by atoms with Crippen LogP contribution in [0.15, 0.2) is 41.2 Å². The van der Waals surface area contributed by atoms with Gasteiger partial charge in [0, 0.05) is 22.4 Å². The van der Waals surface area contributed by atoms with Crippen molar-refractivity contribution in [2.75, 3.05) is 0 Å². The number of H-pyrrole nitrogens is 1. The van der Waals surface area contributed by atoms with E-state index >= 15 is 0 Å². The zero-order valence-electron chi connectivity index (χ0n) is 12.8. The molecule has 5 heteroatoms. The number of thiophene rings is 1. The number of hydrogen-bond donors (Lipinski definition) is 1. The highest BCUT2D eigenvalue weighted by atomic mass is 35.5. The molecule has 1 N–H and O–H groups in total. The van der Waals surface area contributed by atoms with Crippen LogP contribution >= 0.6 is 22.9 Å². The zero-order valence-corrected chi connectivity index (χ0v) is 14.4. The van der Waals surface area contributed by atoms with Gasteiger partial charge in [0.25, 0.3) is 5.56 Å². The third-order valence-corrected chi connectivity index (χ3v) is 5.30. The number of aromatic nitrogens is 1. The summed E-state index contributed by atoms with van der Waals surface area (Å²) in [6.07, 6.45) is 0.586. The van der Waals surface area contributed by atoms with Gasteiger partial charge in [0.05, 0.1) is 15.8 Å². The summed E-state index contributed by atoms with van der Waals surface area (Å²) in [5.74, 6) is 0. The standard InChI is InChI=1S/C18H15ClN2OS/c1-11-7-12-3-4-13(8-15(12)21-17(11)22)18(2,10-20)9-14-5-6-16(19)23-14/h3-8H,9H2,1-2H3,(H,21,22). The van der Waals surface area contributed by atoms with E-state index in [2.05, 4.69) is 11.1 Å². The Balaban J connectivity index is 2.07. The van der Waals surface area contributed by atoms with Gasteiger partial charge >= 0.3 is 0 Å². The summed E-state index contributed by atoms with van der Waals surface area (Å²) >= 11 is 7.47. The molecule has 0 saturated heterocycles. The van der Waals surface area contributed by atoms with Crippen LogP contribution < -0.4 is 5.56 Å². The molecule has 0 radical (unpaired) electrons. The molecular weight excluding hydrogens is 328 g/mol. The number of aromatic amines is 1. The second-order valence-electron chi connectivity index (χ2n) is 5.91. The van der Waals surface area contributed by atoms with Gasteiger partial charge in [-0.05, 0) is 49.1 Å². The van der Waals surface area contributed by atoms with E-state index in [1.165, 1.54) is 11.3 Å². The summed E-state index contributed by atoms with van der Waals surface area (Å²) in [6, 6.07) is 13.9. The van der Waals surface area contributed by atoms with Gasteiger partial charge in [0.1, 0.15) is 0 Å². The maximum Gasteiger partial charge on any atom is 0.251 e. The Morgan fingerprint density at radius 3 is 2.74 bits per heavy atom. The van der Waals surface area contributed by atoms with Gasteiger partial charge in [-0.3, -0.25) is 4.79 Å². The van der Waals surface area contributed by atoms with Crippen LogP contribution in [0, 0.1) is 18.3 Å². The van der Waals surface area contributed by atoms with E-state index < -0.39 is 5.41 Å². The van der Waals surface area contributed by atoms with E-state index in [4.69, 9.17) is 11.6 Å². The van der Waals surface area contributed by atoms with Gasteiger partial charge in [0.15, 0.2) is 0 Å². The van der Waals surface area contributed by atoms with E-state index in [9.17, 15) is 10.1 Å². The Hall–Kier alpha value is -2.09. The molecule has 0 spiro atoms. The lowest BCUT2D eigenvalue weighted by Crippen LogP contribution is -2.22. The number of aryl methyl sites for hydroxylation is 1. The second kappa shape index (κ2) is 5.84. The van der Waals surface area contributed by atoms with Crippen molar-refractivity contribution in [2.24, 2.45) is 0 Å². The largest absolute Gasteiger partial charge is 0.322 e. The molecular formula is C18H15ClN2OS. The third-order valence-electron chi connectivity index (χ3n) is 4.07. The molecule has 0 saturated carbocycles. The molecule has 0 aliphatic carbocycles. The summed E-state index contributed by atoms with van der Waals surface area (Å²) in [5.41, 5.74) is 1.55. The molecule has 0 fully saturated rings. The Labute approximate surface area is 143 Å². The fraction of sp³-hybridized carbons (Fsp3) is 0.222. The van der Waals surface area contributed by atoms with Crippen molar-refractivity contribution in [3.63, 3.8) is 0 Å². The average Bonchev–Trinajstić information content (AvgIpc) is 2.92. The Bertz CT molecular complexity index is 983. The molecule has 0 aliphatic rings. The number of nitriles is 1. The van der Waals surface area contributed by atoms with Gasteiger partial charge in [-0.1, -0.05) is 23.7 Å². The van der Waals surface area contributed by atoms with Crippen molar-refractivity contribution >= 4 is 33.8 Å². The fourth-order valence-electron chi connectivity index (χ4n) is 2.65. The summed E-state index contributed by atoms with van der Waals surface area (Å²) < 4.78 is 0.721. The van der Waals surface area contributed by atoms with E-state index in [1.807, 2.05) is 43.3 Å². The lowest BCUT2D eigenvalue weighted by atomic mass is 9.80. The number of nitrogens with one attached hydrogen (secondary N) is 1. The Morgan fingerprint density at radius 2 is 2.09 bits per heavy atom. The fourth-order valence-corrected chi connectivity index (χ4v) is 3.90. The predicted octanol–water partition coefficient (Wildman–Crippen LogP) is 4.58. The molecule has 3 aromatic rings. The highest BCUT2D eigenvalue weighted by Gasteiger charge is 2.28. The van der Waals surface area contributed by atoms with Crippen LogP contribution in [0.1, 0.15) is 22.9 Å². The zero-order chi connectivity index (χ0) is 16.6. The summed E-state index contributed by atoms with van der Waals surface area (Å²) in [7, 11) is 0. The summed E-state index contributed by atoms with van der Waals surface area (Å²) in [4.78, 5) is 15.8. The number of rotatable bonds is 3. The molecule has 2 aromatic heterocycles. The van der Waals surface area contributed by atoms with Gasteiger partial charge in [-0.2, -0.15) is 5.26 Å². The van der Waals surface area contributed by atoms with E-state index in [0.717, 1.165) is 25.7 Å². The smallest absolute Gasteiger partial charge is 0.251 e. The van der Waals surface area contributed by atoms with Gasteiger partial charge < -0.3 is 4.98 Å². The first-order valence-electron chi connectivity index (χ1n) is 7.21.